The largest absolute Gasteiger partial charge is 0.481 e. The average molecular weight is 233 g/mol. The van der Waals surface area contributed by atoms with Crippen LogP contribution in [-0.2, 0) is 4.79 Å². The first-order chi connectivity index (χ1) is 8.31. The second-order valence-electron chi connectivity index (χ2n) is 3.22. The number of nitrogens with one attached hydrogen (secondary N) is 1. The molecular formula is C11H11N3O3. The van der Waals surface area contributed by atoms with E-state index in [0.717, 1.165) is 5.56 Å². The maximum absolute atomic E-state index is 11.0. The van der Waals surface area contributed by atoms with Crippen molar-refractivity contribution in [1.29, 1.82) is 0 Å². The molecule has 0 aliphatic carbocycles. The van der Waals surface area contributed by atoms with Crippen LogP contribution in [0, 0.1) is 0 Å². The fourth-order valence-electron chi connectivity index (χ4n) is 1.31. The SMILES string of the molecule is NNC(=O)COc1cccnc1-c1ccoc1. The van der Waals surface area contributed by atoms with Gasteiger partial charge in [0.2, 0.25) is 0 Å². The lowest BCUT2D eigenvalue weighted by Gasteiger charge is -2.08. The highest BCUT2D eigenvalue weighted by atomic mass is 16.5. The van der Waals surface area contributed by atoms with Crippen molar-refractivity contribution in [3.8, 4) is 17.0 Å². The summed E-state index contributed by atoms with van der Waals surface area (Å²) in [4.78, 5) is 15.2. The van der Waals surface area contributed by atoms with Gasteiger partial charge in [0.25, 0.3) is 5.91 Å². The van der Waals surface area contributed by atoms with Crippen molar-refractivity contribution in [3.63, 3.8) is 0 Å². The van der Waals surface area contributed by atoms with Gasteiger partial charge >= 0.3 is 0 Å². The lowest BCUT2D eigenvalue weighted by atomic mass is 10.2. The van der Waals surface area contributed by atoms with Crippen molar-refractivity contribution in [1.82, 2.24) is 10.4 Å². The zero-order valence-corrected chi connectivity index (χ0v) is 8.92. The molecule has 2 heterocycles. The molecule has 17 heavy (non-hydrogen) atoms. The number of carbonyl (C=O) groups is 1. The number of rotatable bonds is 4. The summed E-state index contributed by atoms with van der Waals surface area (Å²) in [7, 11) is 0. The molecule has 0 aliphatic rings. The first-order valence-corrected chi connectivity index (χ1v) is 4.91. The minimum atomic E-state index is -0.410. The maximum Gasteiger partial charge on any atom is 0.271 e. The first kappa shape index (κ1) is 11.2. The Labute approximate surface area is 97.4 Å². The van der Waals surface area contributed by atoms with Gasteiger partial charge in [-0.2, -0.15) is 0 Å². The number of carbonyl (C=O) groups excluding carboxylic acids is 1. The predicted molar refractivity (Wildman–Crippen MR) is 59.8 cm³/mol. The number of hydrazine groups is 1. The van der Waals surface area contributed by atoms with E-state index in [4.69, 9.17) is 15.0 Å². The van der Waals surface area contributed by atoms with Gasteiger partial charge < -0.3 is 9.15 Å². The molecule has 6 heteroatoms. The number of ether oxygens (including phenoxy) is 1. The second kappa shape index (κ2) is 5.13. The highest BCUT2D eigenvalue weighted by Gasteiger charge is 2.09. The summed E-state index contributed by atoms with van der Waals surface area (Å²) < 4.78 is 10.3. The average Bonchev–Trinajstić information content (AvgIpc) is 2.90. The summed E-state index contributed by atoms with van der Waals surface area (Å²) in [6.45, 7) is -0.160. The summed E-state index contributed by atoms with van der Waals surface area (Å²) in [6, 6.07) is 5.20. The molecule has 0 radical (unpaired) electrons. The minimum Gasteiger partial charge on any atom is -0.481 e. The molecule has 0 saturated carbocycles. The first-order valence-electron chi connectivity index (χ1n) is 4.91. The summed E-state index contributed by atoms with van der Waals surface area (Å²) >= 11 is 0. The Morgan fingerprint density at radius 3 is 3.12 bits per heavy atom. The van der Waals surface area contributed by atoms with E-state index in [9.17, 15) is 4.79 Å². The highest BCUT2D eigenvalue weighted by Crippen LogP contribution is 2.27. The molecule has 2 aromatic rings. The Morgan fingerprint density at radius 2 is 2.41 bits per heavy atom. The van der Waals surface area contributed by atoms with E-state index < -0.39 is 5.91 Å². The van der Waals surface area contributed by atoms with Crippen LogP contribution >= 0.6 is 0 Å². The number of hydrogen-bond acceptors (Lipinski definition) is 5. The van der Waals surface area contributed by atoms with Gasteiger partial charge in [0.15, 0.2) is 6.61 Å². The van der Waals surface area contributed by atoms with E-state index in [1.165, 1.54) is 0 Å². The monoisotopic (exact) mass is 233 g/mol. The number of aromatic nitrogens is 1. The topological polar surface area (TPSA) is 90.4 Å². The van der Waals surface area contributed by atoms with Gasteiger partial charge in [-0.3, -0.25) is 15.2 Å². The van der Waals surface area contributed by atoms with E-state index in [0.29, 0.717) is 11.4 Å². The van der Waals surface area contributed by atoms with E-state index in [-0.39, 0.29) is 6.61 Å². The van der Waals surface area contributed by atoms with Gasteiger partial charge in [-0.05, 0) is 18.2 Å². The smallest absolute Gasteiger partial charge is 0.271 e. The molecule has 0 aromatic carbocycles. The fraction of sp³-hybridized carbons (Fsp3) is 0.0909. The van der Waals surface area contributed by atoms with Gasteiger partial charge in [0.05, 0.1) is 12.5 Å². The molecule has 0 saturated heterocycles. The third-order valence-corrected chi connectivity index (χ3v) is 2.09. The van der Waals surface area contributed by atoms with Crippen LogP contribution in [0.4, 0.5) is 0 Å². The van der Waals surface area contributed by atoms with Gasteiger partial charge in [-0.1, -0.05) is 0 Å². The molecule has 88 valence electrons. The molecule has 3 N–H and O–H groups in total. The van der Waals surface area contributed by atoms with Crippen LogP contribution in [-0.4, -0.2) is 17.5 Å². The fourth-order valence-corrected chi connectivity index (χ4v) is 1.31. The van der Waals surface area contributed by atoms with E-state index in [1.807, 2.05) is 5.43 Å². The third-order valence-electron chi connectivity index (χ3n) is 2.09. The van der Waals surface area contributed by atoms with Crippen molar-refractivity contribution < 1.29 is 13.9 Å². The van der Waals surface area contributed by atoms with Crippen LogP contribution in [0.3, 0.4) is 0 Å². The van der Waals surface area contributed by atoms with Gasteiger partial charge in [-0.15, -0.1) is 0 Å². The van der Waals surface area contributed by atoms with Gasteiger partial charge in [0, 0.05) is 11.8 Å². The lowest BCUT2D eigenvalue weighted by Crippen LogP contribution is -2.34. The number of pyridine rings is 1. The van der Waals surface area contributed by atoms with Crippen molar-refractivity contribution in [2.24, 2.45) is 5.84 Å². The van der Waals surface area contributed by atoms with Crippen LogP contribution in [0.2, 0.25) is 0 Å². The van der Waals surface area contributed by atoms with Crippen LogP contribution in [0.1, 0.15) is 0 Å². The maximum atomic E-state index is 11.0. The lowest BCUT2D eigenvalue weighted by molar-refractivity contribution is -0.123. The number of furan rings is 1. The molecule has 6 nitrogen and oxygen atoms in total. The third kappa shape index (κ3) is 2.61. The molecular weight excluding hydrogens is 222 g/mol. The molecule has 1 amide bonds. The molecule has 0 atom stereocenters. The molecule has 2 aromatic heterocycles. The van der Waals surface area contributed by atoms with Crippen LogP contribution < -0.4 is 16.0 Å². The van der Waals surface area contributed by atoms with E-state index >= 15 is 0 Å². The Bertz CT molecular complexity index is 496. The normalized spacial score (nSPS) is 9.94. The van der Waals surface area contributed by atoms with Crippen LogP contribution in [0.15, 0.2) is 41.3 Å². The zero-order chi connectivity index (χ0) is 12.1. The Balaban J connectivity index is 2.20. The quantitative estimate of drug-likeness (QED) is 0.461. The summed E-state index contributed by atoms with van der Waals surface area (Å²) in [6.07, 6.45) is 4.73. The van der Waals surface area contributed by atoms with Crippen molar-refractivity contribution >= 4 is 5.91 Å². The molecule has 2 rings (SSSR count). The Hall–Kier alpha value is -2.34. The summed E-state index contributed by atoms with van der Waals surface area (Å²) in [5.41, 5.74) is 3.39. The molecule has 0 unspecified atom stereocenters. The predicted octanol–water partition coefficient (Wildman–Crippen LogP) is 0.710. The number of nitrogens with zero attached hydrogens (tertiary/aromatic N) is 1. The number of nitrogens with two attached hydrogens (primary N) is 1. The molecule has 0 spiro atoms. The van der Waals surface area contributed by atoms with Crippen molar-refractivity contribution in [3.05, 3.63) is 36.9 Å². The van der Waals surface area contributed by atoms with E-state index in [1.54, 1.807) is 36.9 Å². The minimum absolute atomic E-state index is 0.160. The van der Waals surface area contributed by atoms with Crippen molar-refractivity contribution in [2.75, 3.05) is 6.61 Å². The Kier molecular flexibility index (Phi) is 3.37. The van der Waals surface area contributed by atoms with Gasteiger partial charge in [-0.25, -0.2) is 5.84 Å². The summed E-state index contributed by atoms with van der Waals surface area (Å²) in [5.74, 6) is 5.05. The molecule has 0 fully saturated rings. The Morgan fingerprint density at radius 1 is 1.53 bits per heavy atom. The standard InChI is InChI=1S/C11H11N3O3/c12-14-10(15)7-17-9-2-1-4-13-11(9)8-3-5-16-6-8/h1-6H,7,12H2,(H,14,15). The van der Waals surface area contributed by atoms with E-state index in [2.05, 4.69) is 4.98 Å². The summed E-state index contributed by atoms with van der Waals surface area (Å²) in [5, 5.41) is 0. The molecule has 0 bridgehead atoms. The van der Waals surface area contributed by atoms with Crippen LogP contribution in [0.25, 0.3) is 11.3 Å². The van der Waals surface area contributed by atoms with Crippen molar-refractivity contribution in [2.45, 2.75) is 0 Å². The number of hydrogen-bond donors (Lipinski definition) is 2. The van der Waals surface area contributed by atoms with Gasteiger partial charge in [0.1, 0.15) is 11.4 Å². The second-order valence-corrected chi connectivity index (χ2v) is 3.22. The zero-order valence-electron chi connectivity index (χ0n) is 8.92. The van der Waals surface area contributed by atoms with Crippen LogP contribution in [0.5, 0.6) is 5.75 Å². The molecule has 0 aliphatic heterocycles. The highest BCUT2D eigenvalue weighted by molar-refractivity contribution is 5.77. The number of amides is 1.